The van der Waals surface area contributed by atoms with E-state index in [-0.39, 0.29) is 34.5 Å². The van der Waals surface area contributed by atoms with Crippen molar-refractivity contribution in [2.24, 2.45) is 0 Å². The molecule has 1 heterocycles. The summed E-state index contributed by atoms with van der Waals surface area (Å²) in [6, 6.07) is 14.9. The maximum atomic E-state index is 11.8. The van der Waals surface area contributed by atoms with Gasteiger partial charge < -0.3 is 9.12 Å². The predicted octanol–water partition coefficient (Wildman–Crippen LogP) is 5.41. The van der Waals surface area contributed by atoms with Crippen LogP contribution in [0.1, 0.15) is 115 Å². The Hall–Kier alpha value is -1.18. The molecule has 1 aromatic heterocycles. The van der Waals surface area contributed by atoms with Gasteiger partial charge in [-0.15, -0.1) is 0 Å². The average Bonchev–Trinajstić information content (AvgIpc) is 3.23. The molecule has 0 radical (unpaired) electrons. The van der Waals surface area contributed by atoms with Crippen molar-refractivity contribution in [3.63, 3.8) is 0 Å². The summed E-state index contributed by atoms with van der Waals surface area (Å²) in [5, 5.41) is 0. The fourth-order valence-corrected chi connectivity index (χ4v) is 5.79. The van der Waals surface area contributed by atoms with E-state index in [2.05, 4.69) is 28.6 Å². The molecule has 0 amide bonds. The number of benzene rings is 2. The number of hydrogen-bond acceptors (Lipinski definition) is 4. The number of aryl methyl sites for hydroxylation is 1. The second kappa shape index (κ2) is 18.2. The number of rotatable bonds is 19. The van der Waals surface area contributed by atoms with E-state index in [0.29, 0.717) is 17.6 Å². The van der Waals surface area contributed by atoms with Crippen LogP contribution in [0.3, 0.4) is 0 Å². The van der Waals surface area contributed by atoms with Crippen molar-refractivity contribution in [2.45, 2.75) is 121 Å². The normalized spacial score (nSPS) is 11.6. The Morgan fingerprint density at radius 3 is 1.76 bits per heavy atom. The SMILES string of the molecule is CCCCCCCCCCCCCCCCCc1nc2c(S(=O)(=O)[O-])cccc2n1Cc1ccccc1.[Na+]. The third-order valence-corrected chi connectivity index (χ3v) is 8.15. The van der Waals surface area contributed by atoms with Gasteiger partial charge in [0.05, 0.1) is 10.4 Å². The first-order valence-electron chi connectivity index (χ1n) is 14.5. The van der Waals surface area contributed by atoms with Gasteiger partial charge in [-0.2, -0.15) is 0 Å². The Balaban J connectivity index is 0.00000507. The molecule has 0 saturated carbocycles. The third kappa shape index (κ3) is 11.1. The first-order valence-corrected chi connectivity index (χ1v) is 15.9. The summed E-state index contributed by atoms with van der Waals surface area (Å²) < 4.78 is 37.6. The quantitative estimate of drug-likeness (QED) is 0.114. The molecule has 0 spiro atoms. The van der Waals surface area contributed by atoms with Gasteiger partial charge in [0.2, 0.25) is 0 Å². The molecule has 38 heavy (non-hydrogen) atoms. The molecular weight excluding hydrogens is 503 g/mol. The molecule has 0 unspecified atom stereocenters. The molecule has 0 aliphatic heterocycles. The van der Waals surface area contributed by atoms with Gasteiger partial charge in [0.25, 0.3) is 0 Å². The summed E-state index contributed by atoms with van der Waals surface area (Å²) in [5.41, 5.74) is 2.12. The van der Waals surface area contributed by atoms with Crippen LogP contribution in [0.15, 0.2) is 53.4 Å². The molecule has 204 valence electrons. The molecule has 0 bridgehead atoms. The Morgan fingerprint density at radius 1 is 0.711 bits per heavy atom. The minimum atomic E-state index is -4.58. The molecule has 0 aliphatic carbocycles. The Bertz CT molecular complexity index is 1160. The van der Waals surface area contributed by atoms with Crippen LogP contribution in [0.2, 0.25) is 0 Å². The standard InChI is InChI=1S/C31H46N2O3S.Na/c1-2-3-4-5-6-7-8-9-10-11-12-13-14-15-19-25-30-32-31-28(23-20-24-29(31)37(34,35)36)33(30)26-27-21-17-16-18-22-27;/h16-18,20-24H,2-15,19,25-26H2,1H3,(H,34,35,36);/q;+1/p-1. The third-order valence-electron chi connectivity index (χ3n) is 7.28. The fraction of sp³-hybridized carbons (Fsp3) is 0.581. The molecule has 0 fully saturated rings. The zero-order chi connectivity index (χ0) is 26.3. The Labute approximate surface area is 252 Å². The van der Waals surface area contributed by atoms with Gasteiger partial charge in [-0.3, -0.25) is 0 Å². The van der Waals surface area contributed by atoms with Crippen molar-refractivity contribution in [3.8, 4) is 0 Å². The number of hydrogen-bond donors (Lipinski definition) is 0. The van der Waals surface area contributed by atoms with Crippen molar-refractivity contribution in [2.75, 3.05) is 0 Å². The first-order chi connectivity index (χ1) is 18.0. The fourth-order valence-electron chi connectivity index (χ4n) is 5.16. The van der Waals surface area contributed by atoms with Crippen molar-refractivity contribution < 1.29 is 42.5 Å². The second-order valence-electron chi connectivity index (χ2n) is 10.4. The van der Waals surface area contributed by atoms with E-state index in [1.165, 1.54) is 89.5 Å². The minimum absolute atomic E-state index is 0. The van der Waals surface area contributed by atoms with E-state index in [0.717, 1.165) is 30.7 Å². The van der Waals surface area contributed by atoms with E-state index >= 15 is 0 Å². The largest absolute Gasteiger partial charge is 1.00 e. The molecular formula is C31H45N2NaO3S. The van der Waals surface area contributed by atoms with Gasteiger partial charge in [0, 0.05) is 13.0 Å². The Kier molecular flexibility index (Phi) is 15.8. The maximum absolute atomic E-state index is 11.8. The smallest absolute Gasteiger partial charge is 0.744 e. The van der Waals surface area contributed by atoms with Crippen molar-refractivity contribution in [1.82, 2.24) is 9.55 Å². The van der Waals surface area contributed by atoms with Crippen molar-refractivity contribution in [3.05, 3.63) is 59.9 Å². The zero-order valence-corrected chi connectivity index (χ0v) is 26.5. The topological polar surface area (TPSA) is 75.0 Å². The van der Waals surface area contributed by atoms with E-state index in [1.807, 2.05) is 24.3 Å². The van der Waals surface area contributed by atoms with Crippen molar-refractivity contribution >= 4 is 21.2 Å². The molecule has 3 rings (SSSR count). The van der Waals surface area contributed by atoms with E-state index in [4.69, 9.17) is 0 Å². The van der Waals surface area contributed by atoms with Gasteiger partial charge in [0.1, 0.15) is 21.5 Å². The van der Waals surface area contributed by atoms with Crippen LogP contribution in [0.5, 0.6) is 0 Å². The van der Waals surface area contributed by atoms with Crippen LogP contribution < -0.4 is 29.6 Å². The monoisotopic (exact) mass is 548 g/mol. The molecule has 2 aromatic carbocycles. The van der Waals surface area contributed by atoms with Crippen LogP contribution in [-0.4, -0.2) is 22.5 Å². The summed E-state index contributed by atoms with van der Waals surface area (Å²) in [6.07, 6.45) is 20.6. The number of nitrogens with zero attached hydrogens (tertiary/aromatic N) is 2. The summed E-state index contributed by atoms with van der Waals surface area (Å²) >= 11 is 0. The maximum Gasteiger partial charge on any atom is 1.00 e. The molecule has 0 saturated heterocycles. The number of fused-ring (bicyclic) bond motifs is 1. The number of aromatic nitrogens is 2. The molecule has 0 atom stereocenters. The number of para-hydroxylation sites is 1. The van der Waals surface area contributed by atoms with Gasteiger partial charge >= 0.3 is 29.6 Å². The van der Waals surface area contributed by atoms with Gasteiger partial charge in [0.15, 0.2) is 0 Å². The summed E-state index contributed by atoms with van der Waals surface area (Å²) in [4.78, 5) is 4.44. The summed E-state index contributed by atoms with van der Waals surface area (Å²) in [7, 11) is -4.58. The first kappa shape index (κ1) is 33.0. The van der Waals surface area contributed by atoms with Crippen LogP contribution in [0, 0.1) is 0 Å². The molecule has 5 nitrogen and oxygen atoms in total. The van der Waals surface area contributed by atoms with E-state index < -0.39 is 10.1 Å². The summed E-state index contributed by atoms with van der Waals surface area (Å²) in [6.45, 7) is 2.88. The number of imidazole rings is 1. The molecule has 0 N–H and O–H groups in total. The van der Waals surface area contributed by atoms with Gasteiger partial charge in [-0.25, -0.2) is 13.4 Å². The minimum Gasteiger partial charge on any atom is -0.744 e. The average molecular weight is 549 g/mol. The van der Waals surface area contributed by atoms with Crippen LogP contribution in [0.25, 0.3) is 11.0 Å². The van der Waals surface area contributed by atoms with Gasteiger partial charge in [-0.1, -0.05) is 133 Å². The second-order valence-corrected chi connectivity index (χ2v) is 11.7. The molecule has 3 aromatic rings. The Morgan fingerprint density at radius 2 is 1.24 bits per heavy atom. The van der Waals surface area contributed by atoms with E-state index in [1.54, 1.807) is 6.07 Å². The van der Waals surface area contributed by atoms with Gasteiger partial charge in [-0.05, 0) is 24.1 Å². The van der Waals surface area contributed by atoms with E-state index in [9.17, 15) is 13.0 Å². The zero-order valence-electron chi connectivity index (χ0n) is 23.7. The van der Waals surface area contributed by atoms with Crippen LogP contribution in [0.4, 0.5) is 0 Å². The number of unbranched alkanes of at least 4 members (excludes halogenated alkanes) is 14. The van der Waals surface area contributed by atoms with Crippen molar-refractivity contribution in [1.29, 1.82) is 0 Å². The molecule has 0 aliphatic rings. The summed E-state index contributed by atoms with van der Waals surface area (Å²) in [5.74, 6) is 0.852. The van der Waals surface area contributed by atoms with Crippen LogP contribution >= 0.6 is 0 Å². The molecule has 7 heteroatoms. The predicted molar refractivity (Wildman–Crippen MR) is 152 cm³/mol. The van der Waals surface area contributed by atoms with Crippen LogP contribution in [-0.2, 0) is 23.1 Å².